The zero-order valence-electron chi connectivity index (χ0n) is 12.2. The molecule has 23 heavy (non-hydrogen) atoms. The van der Waals surface area contributed by atoms with Crippen molar-refractivity contribution < 1.29 is 17.6 Å². The standard InChI is InChI=1S/C15H14ClFN2O3S/c1-23(21,22)19(14-9-5-2-6-11(14)16)10-15(20)18-13-8-4-3-7-12(13)17/h2-9H,10H2,1H3,(H,18,20). The van der Waals surface area contributed by atoms with Gasteiger partial charge in [0.15, 0.2) is 0 Å². The van der Waals surface area contributed by atoms with Gasteiger partial charge in [0.2, 0.25) is 15.9 Å². The number of sulfonamides is 1. The maximum atomic E-state index is 13.5. The van der Waals surface area contributed by atoms with Gasteiger partial charge in [0, 0.05) is 0 Å². The van der Waals surface area contributed by atoms with E-state index in [-0.39, 0.29) is 16.4 Å². The third-order valence-electron chi connectivity index (χ3n) is 2.96. The second-order valence-electron chi connectivity index (χ2n) is 4.75. The molecule has 0 saturated heterocycles. The van der Waals surface area contributed by atoms with E-state index in [0.717, 1.165) is 10.6 Å². The summed E-state index contributed by atoms with van der Waals surface area (Å²) in [5.41, 5.74) is 0.158. The first kappa shape index (κ1) is 17.2. The largest absolute Gasteiger partial charge is 0.322 e. The first-order valence-corrected chi connectivity index (χ1v) is 8.78. The summed E-state index contributed by atoms with van der Waals surface area (Å²) in [4.78, 5) is 12.1. The van der Waals surface area contributed by atoms with Crippen LogP contribution in [-0.2, 0) is 14.8 Å². The molecule has 0 saturated carbocycles. The number of anilines is 2. The molecule has 0 fully saturated rings. The van der Waals surface area contributed by atoms with Crippen LogP contribution in [0.25, 0.3) is 0 Å². The lowest BCUT2D eigenvalue weighted by Crippen LogP contribution is -2.37. The van der Waals surface area contributed by atoms with Crippen LogP contribution in [0.5, 0.6) is 0 Å². The van der Waals surface area contributed by atoms with Crippen molar-refractivity contribution in [1.82, 2.24) is 0 Å². The van der Waals surface area contributed by atoms with Crippen LogP contribution >= 0.6 is 11.6 Å². The van der Waals surface area contributed by atoms with E-state index in [2.05, 4.69) is 5.32 Å². The lowest BCUT2D eigenvalue weighted by atomic mass is 10.3. The molecular weight excluding hydrogens is 343 g/mol. The molecule has 0 radical (unpaired) electrons. The van der Waals surface area contributed by atoms with Gasteiger partial charge >= 0.3 is 0 Å². The number of hydrogen-bond donors (Lipinski definition) is 1. The van der Waals surface area contributed by atoms with Crippen LogP contribution < -0.4 is 9.62 Å². The number of rotatable bonds is 5. The fourth-order valence-electron chi connectivity index (χ4n) is 1.92. The van der Waals surface area contributed by atoms with E-state index < -0.39 is 28.3 Å². The predicted molar refractivity (Wildman–Crippen MR) is 88.7 cm³/mol. The average Bonchev–Trinajstić information content (AvgIpc) is 2.47. The van der Waals surface area contributed by atoms with Crippen molar-refractivity contribution in [3.05, 3.63) is 59.4 Å². The molecule has 2 aromatic rings. The van der Waals surface area contributed by atoms with Crippen molar-refractivity contribution >= 4 is 38.9 Å². The molecule has 0 aliphatic heterocycles. The molecule has 0 atom stereocenters. The maximum absolute atomic E-state index is 13.5. The Morgan fingerprint density at radius 1 is 1.17 bits per heavy atom. The molecule has 8 heteroatoms. The van der Waals surface area contributed by atoms with Crippen LogP contribution in [0.15, 0.2) is 48.5 Å². The molecule has 0 bridgehead atoms. The number of nitrogens with zero attached hydrogens (tertiary/aromatic N) is 1. The van der Waals surface area contributed by atoms with E-state index >= 15 is 0 Å². The van der Waals surface area contributed by atoms with Crippen molar-refractivity contribution in [3.8, 4) is 0 Å². The van der Waals surface area contributed by atoms with E-state index in [1.165, 1.54) is 30.3 Å². The molecule has 0 aliphatic rings. The van der Waals surface area contributed by atoms with Gasteiger partial charge < -0.3 is 5.32 Å². The first-order chi connectivity index (χ1) is 10.8. The second-order valence-corrected chi connectivity index (χ2v) is 7.06. The SMILES string of the molecule is CS(=O)(=O)N(CC(=O)Nc1ccccc1F)c1ccccc1Cl. The number of para-hydroxylation sites is 2. The van der Waals surface area contributed by atoms with E-state index in [0.29, 0.717) is 0 Å². The Balaban J connectivity index is 2.24. The van der Waals surface area contributed by atoms with Crippen LogP contribution in [0, 0.1) is 5.82 Å². The Bertz CT molecular complexity index is 827. The molecule has 0 spiro atoms. The fourth-order valence-corrected chi connectivity index (χ4v) is 3.07. The van der Waals surface area contributed by atoms with E-state index in [9.17, 15) is 17.6 Å². The zero-order chi connectivity index (χ0) is 17.0. The van der Waals surface area contributed by atoms with Crippen LogP contribution in [-0.4, -0.2) is 27.1 Å². The molecule has 122 valence electrons. The number of amides is 1. The summed E-state index contributed by atoms with van der Waals surface area (Å²) >= 11 is 6.00. The molecule has 0 heterocycles. The quantitative estimate of drug-likeness (QED) is 0.895. The van der Waals surface area contributed by atoms with E-state index in [4.69, 9.17) is 11.6 Å². The van der Waals surface area contributed by atoms with Gasteiger partial charge in [0.25, 0.3) is 0 Å². The number of carbonyl (C=O) groups excluding carboxylic acids is 1. The highest BCUT2D eigenvalue weighted by Gasteiger charge is 2.23. The third-order valence-corrected chi connectivity index (χ3v) is 4.40. The Kier molecular flexibility index (Phi) is 5.23. The van der Waals surface area contributed by atoms with Crippen LogP contribution in [0.3, 0.4) is 0 Å². The molecule has 0 aliphatic carbocycles. The Labute approximate surface area is 138 Å². The summed E-state index contributed by atoms with van der Waals surface area (Å²) < 4.78 is 38.3. The topological polar surface area (TPSA) is 66.5 Å². The minimum absolute atomic E-state index is 0.0230. The van der Waals surface area contributed by atoms with Crippen molar-refractivity contribution in [2.75, 3.05) is 22.4 Å². The van der Waals surface area contributed by atoms with E-state index in [1.807, 2.05) is 0 Å². The maximum Gasteiger partial charge on any atom is 0.245 e. The summed E-state index contributed by atoms with van der Waals surface area (Å²) in [5.74, 6) is -1.29. The summed E-state index contributed by atoms with van der Waals surface area (Å²) in [7, 11) is -3.74. The number of halogens is 2. The summed E-state index contributed by atoms with van der Waals surface area (Å²) in [5, 5.41) is 2.53. The second kappa shape index (κ2) is 6.97. The molecule has 5 nitrogen and oxygen atoms in total. The summed E-state index contributed by atoms with van der Waals surface area (Å²) in [6.45, 7) is -0.517. The molecule has 2 rings (SSSR count). The Morgan fingerprint density at radius 3 is 2.39 bits per heavy atom. The molecule has 0 aromatic heterocycles. The van der Waals surface area contributed by atoms with Crippen molar-refractivity contribution in [3.63, 3.8) is 0 Å². The molecule has 1 amide bonds. The highest BCUT2D eigenvalue weighted by Crippen LogP contribution is 2.27. The Morgan fingerprint density at radius 2 is 1.78 bits per heavy atom. The van der Waals surface area contributed by atoms with Crippen molar-refractivity contribution in [2.45, 2.75) is 0 Å². The van der Waals surface area contributed by atoms with Gasteiger partial charge in [-0.3, -0.25) is 9.10 Å². The number of hydrogen-bond acceptors (Lipinski definition) is 3. The first-order valence-electron chi connectivity index (χ1n) is 6.55. The third kappa shape index (κ3) is 4.43. The number of benzene rings is 2. The Hall–Kier alpha value is -2.12. The highest BCUT2D eigenvalue weighted by molar-refractivity contribution is 7.92. The minimum Gasteiger partial charge on any atom is -0.322 e. The lowest BCUT2D eigenvalue weighted by Gasteiger charge is -2.22. The molecule has 2 aromatic carbocycles. The van der Waals surface area contributed by atoms with Gasteiger partial charge in [-0.25, -0.2) is 12.8 Å². The van der Waals surface area contributed by atoms with Gasteiger partial charge in [-0.1, -0.05) is 35.9 Å². The smallest absolute Gasteiger partial charge is 0.245 e. The minimum atomic E-state index is -3.74. The summed E-state index contributed by atoms with van der Waals surface area (Å²) in [6.07, 6.45) is 0.965. The normalized spacial score (nSPS) is 11.1. The molecule has 0 unspecified atom stereocenters. The summed E-state index contributed by atoms with van der Waals surface area (Å²) in [6, 6.07) is 11.9. The van der Waals surface area contributed by atoms with Crippen molar-refractivity contribution in [2.24, 2.45) is 0 Å². The monoisotopic (exact) mass is 356 g/mol. The average molecular weight is 357 g/mol. The molecule has 1 N–H and O–H groups in total. The van der Waals surface area contributed by atoms with Gasteiger partial charge in [0.05, 0.1) is 22.7 Å². The van der Waals surface area contributed by atoms with Crippen molar-refractivity contribution in [1.29, 1.82) is 0 Å². The van der Waals surface area contributed by atoms with Gasteiger partial charge in [0.1, 0.15) is 12.4 Å². The molecular formula is C15H14ClFN2O3S. The number of nitrogens with one attached hydrogen (secondary N) is 1. The van der Waals surface area contributed by atoms with Crippen LogP contribution in [0.4, 0.5) is 15.8 Å². The van der Waals surface area contributed by atoms with Crippen LogP contribution in [0.1, 0.15) is 0 Å². The zero-order valence-corrected chi connectivity index (χ0v) is 13.7. The van der Waals surface area contributed by atoms with E-state index in [1.54, 1.807) is 18.2 Å². The predicted octanol–water partition coefficient (Wildman–Crippen LogP) is 2.88. The van der Waals surface area contributed by atoms with Crippen LogP contribution in [0.2, 0.25) is 5.02 Å². The lowest BCUT2D eigenvalue weighted by molar-refractivity contribution is -0.114. The van der Waals surface area contributed by atoms with Gasteiger partial charge in [-0.15, -0.1) is 0 Å². The number of carbonyl (C=O) groups is 1. The van der Waals surface area contributed by atoms with Gasteiger partial charge in [-0.2, -0.15) is 0 Å². The fraction of sp³-hybridized carbons (Fsp3) is 0.133. The van der Waals surface area contributed by atoms with Gasteiger partial charge in [-0.05, 0) is 24.3 Å². The highest BCUT2D eigenvalue weighted by atomic mass is 35.5.